The van der Waals surface area contributed by atoms with E-state index in [0.717, 1.165) is 90.9 Å². The molecule has 3 heterocycles. The molecule has 148 valence electrons. The van der Waals surface area contributed by atoms with Crippen molar-refractivity contribution >= 4 is 28.5 Å². The Kier molecular flexibility index (Phi) is 4.90. The Morgan fingerprint density at radius 3 is 2.90 bits per heavy atom. The maximum Gasteiger partial charge on any atom is 0.254 e. The zero-order valence-electron chi connectivity index (χ0n) is 16.5. The maximum atomic E-state index is 13.7. The van der Waals surface area contributed by atoms with E-state index in [9.17, 15) is 4.79 Å². The lowest BCUT2D eigenvalue weighted by atomic mass is 9.86. The topological polar surface area (TPSA) is 58.4 Å². The fourth-order valence-corrected chi connectivity index (χ4v) is 4.47. The van der Waals surface area contributed by atoms with Gasteiger partial charge >= 0.3 is 0 Å². The standard InChI is InChI=1S/C24H25N3O2/c28-24(27-13-5-11-25-12-14-27)22-19-8-1-2-10-21(19)26-23-17(6-3-9-20(22)23)16-18-7-4-15-29-18/h1-2,4,7-8,10,15-16,25H,3,5-6,9,11-14H2/b17-16-. The minimum atomic E-state index is 0.141. The molecule has 0 spiro atoms. The number of carbonyl (C=O) groups is 1. The second-order valence-corrected chi connectivity index (χ2v) is 7.77. The monoisotopic (exact) mass is 387 g/mol. The van der Waals surface area contributed by atoms with E-state index in [1.165, 1.54) is 0 Å². The number of rotatable bonds is 2. The highest BCUT2D eigenvalue weighted by Gasteiger charge is 2.28. The number of carbonyl (C=O) groups excluding carboxylic acids is 1. The average Bonchev–Trinajstić information content (AvgIpc) is 3.11. The highest BCUT2D eigenvalue weighted by molar-refractivity contribution is 6.09. The van der Waals surface area contributed by atoms with Crippen molar-refractivity contribution in [3.63, 3.8) is 0 Å². The Morgan fingerprint density at radius 2 is 2.00 bits per heavy atom. The number of fused-ring (bicyclic) bond motifs is 2. The Balaban J connectivity index is 1.68. The molecular weight excluding hydrogens is 362 g/mol. The number of furan rings is 1. The van der Waals surface area contributed by atoms with Crippen LogP contribution in [-0.4, -0.2) is 42.0 Å². The summed E-state index contributed by atoms with van der Waals surface area (Å²) < 4.78 is 5.54. The van der Waals surface area contributed by atoms with Crippen molar-refractivity contribution in [2.75, 3.05) is 26.2 Å². The lowest BCUT2D eigenvalue weighted by Crippen LogP contribution is -2.35. The summed E-state index contributed by atoms with van der Waals surface area (Å²) in [6.07, 6.45) is 7.59. The van der Waals surface area contributed by atoms with E-state index < -0.39 is 0 Å². The van der Waals surface area contributed by atoms with E-state index in [2.05, 4.69) is 11.4 Å². The molecule has 0 radical (unpaired) electrons. The number of nitrogens with one attached hydrogen (secondary N) is 1. The molecular formula is C24H25N3O2. The van der Waals surface area contributed by atoms with E-state index in [1.54, 1.807) is 6.26 Å². The minimum Gasteiger partial charge on any atom is -0.465 e. The molecule has 2 aromatic heterocycles. The Hall–Kier alpha value is -2.92. The summed E-state index contributed by atoms with van der Waals surface area (Å²) in [5.74, 6) is 0.970. The van der Waals surface area contributed by atoms with Crippen LogP contribution in [0.2, 0.25) is 0 Å². The highest BCUT2D eigenvalue weighted by atomic mass is 16.3. The van der Waals surface area contributed by atoms with Gasteiger partial charge in [0.25, 0.3) is 5.91 Å². The summed E-state index contributed by atoms with van der Waals surface area (Å²) in [6.45, 7) is 3.36. The van der Waals surface area contributed by atoms with Crippen molar-refractivity contribution in [3.05, 3.63) is 65.2 Å². The molecule has 0 bridgehead atoms. The van der Waals surface area contributed by atoms with Gasteiger partial charge in [0, 0.05) is 25.0 Å². The van der Waals surface area contributed by atoms with E-state index in [0.29, 0.717) is 0 Å². The molecule has 29 heavy (non-hydrogen) atoms. The molecule has 0 unspecified atom stereocenters. The number of hydrogen-bond acceptors (Lipinski definition) is 4. The van der Waals surface area contributed by atoms with E-state index >= 15 is 0 Å². The summed E-state index contributed by atoms with van der Waals surface area (Å²) in [5, 5.41) is 4.35. The second kappa shape index (κ2) is 7.84. The third-order valence-electron chi connectivity index (χ3n) is 5.87. The van der Waals surface area contributed by atoms with Gasteiger partial charge in [0.05, 0.1) is 23.0 Å². The van der Waals surface area contributed by atoms with Gasteiger partial charge in [-0.05, 0) is 67.6 Å². The molecule has 5 nitrogen and oxygen atoms in total. The minimum absolute atomic E-state index is 0.141. The number of allylic oxidation sites excluding steroid dienone is 1. The fraction of sp³-hybridized carbons (Fsp3) is 0.333. The van der Waals surface area contributed by atoms with Gasteiger partial charge in [-0.1, -0.05) is 18.2 Å². The first-order valence-electron chi connectivity index (χ1n) is 10.5. The molecule has 0 atom stereocenters. The van der Waals surface area contributed by atoms with E-state index in [1.807, 2.05) is 41.3 Å². The van der Waals surface area contributed by atoms with Gasteiger partial charge in [-0.2, -0.15) is 0 Å². The van der Waals surface area contributed by atoms with Gasteiger partial charge in [-0.15, -0.1) is 0 Å². The van der Waals surface area contributed by atoms with Crippen LogP contribution in [0.25, 0.3) is 22.6 Å². The smallest absolute Gasteiger partial charge is 0.254 e. The number of amides is 1. The van der Waals surface area contributed by atoms with Crippen LogP contribution in [0.3, 0.4) is 0 Å². The number of pyridine rings is 1. The van der Waals surface area contributed by atoms with Crippen molar-refractivity contribution in [2.24, 2.45) is 0 Å². The molecule has 2 aliphatic rings. The van der Waals surface area contributed by atoms with E-state index in [-0.39, 0.29) is 5.91 Å². The number of benzene rings is 1. The third-order valence-corrected chi connectivity index (χ3v) is 5.87. The van der Waals surface area contributed by atoms with Crippen molar-refractivity contribution in [1.82, 2.24) is 15.2 Å². The number of para-hydroxylation sites is 1. The van der Waals surface area contributed by atoms with Gasteiger partial charge in [0.2, 0.25) is 0 Å². The Bertz CT molecular complexity index is 1060. The molecule has 1 saturated heterocycles. The van der Waals surface area contributed by atoms with Crippen LogP contribution in [0.4, 0.5) is 0 Å². The van der Waals surface area contributed by atoms with Crippen LogP contribution in [0.1, 0.15) is 46.6 Å². The highest BCUT2D eigenvalue weighted by Crippen LogP contribution is 2.36. The first-order chi connectivity index (χ1) is 14.3. The van der Waals surface area contributed by atoms with Gasteiger partial charge < -0.3 is 14.6 Å². The molecule has 1 aromatic carbocycles. The predicted octanol–water partition coefficient (Wildman–Crippen LogP) is 4.14. The van der Waals surface area contributed by atoms with Crippen LogP contribution >= 0.6 is 0 Å². The van der Waals surface area contributed by atoms with Gasteiger partial charge in [-0.25, -0.2) is 4.98 Å². The maximum absolute atomic E-state index is 13.7. The Labute approximate surface area is 170 Å². The average molecular weight is 387 g/mol. The third kappa shape index (κ3) is 3.47. The summed E-state index contributed by atoms with van der Waals surface area (Å²) in [5.41, 5.74) is 4.93. The summed E-state index contributed by atoms with van der Waals surface area (Å²) in [6, 6.07) is 11.9. The SMILES string of the molecule is O=C(c1c2c(nc3ccccc13)/C(=C\c1ccco1)CCC2)N1CCCNCC1. The van der Waals surface area contributed by atoms with Gasteiger partial charge in [-0.3, -0.25) is 4.79 Å². The number of hydrogen-bond donors (Lipinski definition) is 1. The van der Waals surface area contributed by atoms with Crippen molar-refractivity contribution < 1.29 is 9.21 Å². The van der Waals surface area contributed by atoms with Crippen LogP contribution in [0.5, 0.6) is 0 Å². The second-order valence-electron chi connectivity index (χ2n) is 7.77. The fourth-order valence-electron chi connectivity index (χ4n) is 4.47. The predicted molar refractivity (Wildman–Crippen MR) is 115 cm³/mol. The molecule has 3 aromatic rings. The Morgan fingerprint density at radius 1 is 1.07 bits per heavy atom. The first-order valence-corrected chi connectivity index (χ1v) is 10.5. The first kappa shape index (κ1) is 18.1. The molecule has 1 N–H and O–H groups in total. The largest absolute Gasteiger partial charge is 0.465 e. The van der Waals surface area contributed by atoms with Crippen molar-refractivity contribution in [3.8, 4) is 0 Å². The molecule has 0 saturated carbocycles. The lowest BCUT2D eigenvalue weighted by Gasteiger charge is -2.26. The molecule has 5 rings (SSSR count). The van der Waals surface area contributed by atoms with Crippen LogP contribution < -0.4 is 5.32 Å². The van der Waals surface area contributed by atoms with Gasteiger partial charge in [0.1, 0.15) is 5.76 Å². The van der Waals surface area contributed by atoms with Gasteiger partial charge in [0.15, 0.2) is 0 Å². The number of nitrogens with zero attached hydrogens (tertiary/aromatic N) is 2. The van der Waals surface area contributed by atoms with Crippen LogP contribution in [0, 0.1) is 0 Å². The van der Waals surface area contributed by atoms with Crippen molar-refractivity contribution in [2.45, 2.75) is 25.7 Å². The molecule has 1 fully saturated rings. The molecule has 1 amide bonds. The summed E-state index contributed by atoms with van der Waals surface area (Å²) in [7, 11) is 0. The molecule has 5 heteroatoms. The van der Waals surface area contributed by atoms with E-state index in [4.69, 9.17) is 9.40 Å². The number of aromatic nitrogens is 1. The van der Waals surface area contributed by atoms with Crippen molar-refractivity contribution in [1.29, 1.82) is 0 Å². The lowest BCUT2D eigenvalue weighted by molar-refractivity contribution is 0.0767. The normalized spacial score (nSPS) is 18.6. The van der Waals surface area contributed by atoms with Crippen LogP contribution in [0.15, 0.2) is 47.1 Å². The molecule has 1 aliphatic carbocycles. The quantitative estimate of drug-likeness (QED) is 0.718. The zero-order valence-corrected chi connectivity index (χ0v) is 16.5. The molecule has 1 aliphatic heterocycles. The van der Waals surface area contributed by atoms with Crippen LogP contribution in [-0.2, 0) is 6.42 Å². The summed E-state index contributed by atoms with van der Waals surface area (Å²) in [4.78, 5) is 20.7. The summed E-state index contributed by atoms with van der Waals surface area (Å²) >= 11 is 0. The zero-order chi connectivity index (χ0) is 19.6.